The Morgan fingerprint density at radius 1 is 1.23 bits per heavy atom. The zero-order chi connectivity index (χ0) is 20.0. The molecule has 2 amide bonds. The van der Waals surface area contributed by atoms with Gasteiger partial charge in [-0.3, -0.25) is 9.59 Å². The highest BCUT2D eigenvalue weighted by Crippen LogP contribution is 2.35. The Morgan fingerprint density at radius 3 is 2.50 bits per heavy atom. The van der Waals surface area contributed by atoms with Gasteiger partial charge in [0.2, 0.25) is 5.91 Å². The van der Waals surface area contributed by atoms with Crippen molar-refractivity contribution < 1.29 is 24.2 Å². The average Bonchev–Trinajstić information content (AvgIpc) is 2.53. The third kappa shape index (κ3) is 14.9. The number of ether oxygens (including phenoxy) is 1. The Morgan fingerprint density at radius 2 is 1.92 bits per heavy atom. The van der Waals surface area contributed by atoms with Crippen molar-refractivity contribution in [3.8, 4) is 0 Å². The summed E-state index contributed by atoms with van der Waals surface area (Å²) in [6.45, 7) is 10.2. The van der Waals surface area contributed by atoms with Gasteiger partial charge in [-0.05, 0) is 12.8 Å². The third-order valence-corrected chi connectivity index (χ3v) is 6.20. The van der Waals surface area contributed by atoms with Crippen molar-refractivity contribution in [2.45, 2.75) is 57.2 Å². The monoisotopic (exact) mass is 406 g/mol. The number of carboxylic acid groups (broad SMARTS) is 1. The molecule has 0 aromatic carbocycles. The smallest absolute Gasteiger partial charge is 0.408 e. The summed E-state index contributed by atoms with van der Waals surface area (Å²) in [5, 5.41) is 13.9. The summed E-state index contributed by atoms with van der Waals surface area (Å²) in [7, 11) is 3.15. The lowest BCUT2D eigenvalue weighted by atomic mass is 10.2. The van der Waals surface area contributed by atoms with Crippen molar-refractivity contribution >= 4 is 39.6 Å². The molecular weight excluding hydrogens is 376 g/mol. The molecule has 0 fully saturated rings. The Labute approximate surface area is 163 Å². The van der Waals surface area contributed by atoms with Crippen LogP contribution in [0.1, 0.15) is 46.5 Å². The Hall–Kier alpha value is -1.35. The van der Waals surface area contributed by atoms with Crippen LogP contribution in [-0.2, 0) is 14.3 Å². The van der Waals surface area contributed by atoms with Crippen molar-refractivity contribution in [1.29, 1.82) is 0 Å². The first kappa shape index (κ1) is 24.7. The molecule has 150 valence electrons. The van der Waals surface area contributed by atoms with E-state index >= 15 is 0 Å². The number of hydrogen-bond donors (Lipinski definition) is 3. The van der Waals surface area contributed by atoms with Crippen molar-refractivity contribution in [2.24, 2.45) is 0 Å². The SMILES string of the molecule is C=CCOC(=O)N[C@@H](CSSC(C)(C)C)C(=O)NCCCCCC(=O)O. The topological polar surface area (TPSA) is 105 Å². The lowest BCUT2D eigenvalue weighted by molar-refractivity contribution is -0.137. The maximum atomic E-state index is 12.3. The number of rotatable bonds is 13. The summed E-state index contributed by atoms with van der Waals surface area (Å²) in [6.07, 6.45) is 2.92. The maximum absolute atomic E-state index is 12.3. The van der Waals surface area contributed by atoms with Crippen LogP contribution < -0.4 is 10.6 Å². The van der Waals surface area contributed by atoms with E-state index in [-0.39, 0.29) is 23.7 Å². The molecule has 0 spiro atoms. The molecule has 3 N–H and O–H groups in total. The van der Waals surface area contributed by atoms with Crippen molar-refractivity contribution in [2.75, 3.05) is 18.9 Å². The second kappa shape index (κ2) is 13.8. The lowest BCUT2D eigenvalue weighted by Crippen LogP contribution is -2.48. The van der Waals surface area contributed by atoms with E-state index in [9.17, 15) is 14.4 Å². The van der Waals surface area contributed by atoms with Crippen LogP contribution in [0.2, 0.25) is 0 Å². The molecule has 0 heterocycles. The van der Waals surface area contributed by atoms with Crippen LogP contribution in [0.25, 0.3) is 0 Å². The number of unbranched alkanes of at least 4 members (excludes halogenated alkanes) is 2. The Kier molecular flexibility index (Phi) is 13.1. The van der Waals surface area contributed by atoms with Crippen molar-refractivity contribution in [3.05, 3.63) is 12.7 Å². The molecule has 0 saturated heterocycles. The summed E-state index contributed by atoms with van der Waals surface area (Å²) < 4.78 is 4.92. The molecule has 0 aliphatic carbocycles. The minimum Gasteiger partial charge on any atom is -0.481 e. The van der Waals surface area contributed by atoms with E-state index in [2.05, 4.69) is 38.0 Å². The summed E-state index contributed by atoms with van der Waals surface area (Å²) >= 11 is 0. The van der Waals surface area contributed by atoms with E-state index in [1.165, 1.54) is 16.9 Å². The number of carbonyl (C=O) groups excluding carboxylic acids is 2. The average molecular weight is 407 g/mol. The molecule has 0 aromatic rings. The van der Waals surface area contributed by atoms with Gasteiger partial charge in [0.25, 0.3) is 0 Å². The highest BCUT2D eigenvalue weighted by atomic mass is 33.1. The van der Waals surface area contributed by atoms with E-state index in [4.69, 9.17) is 9.84 Å². The van der Waals surface area contributed by atoms with Gasteiger partial charge in [-0.1, -0.05) is 61.4 Å². The number of alkyl carbamates (subject to hydrolysis) is 1. The fourth-order valence-electron chi connectivity index (χ4n) is 1.69. The lowest BCUT2D eigenvalue weighted by Gasteiger charge is -2.20. The van der Waals surface area contributed by atoms with Crippen LogP contribution in [0.4, 0.5) is 4.79 Å². The summed E-state index contributed by atoms with van der Waals surface area (Å²) in [5.74, 6) is -0.679. The van der Waals surface area contributed by atoms with Crippen LogP contribution in [0.15, 0.2) is 12.7 Å². The number of hydrogen-bond acceptors (Lipinski definition) is 6. The third-order valence-electron chi connectivity index (χ3n) is 2.85. The largest absolute Gasteiger partial charge is 0.481 e. The minimum absolute atomic E-state index is 0.0409. The molecule has 0 aliphatic rings. The van der Waals surface area contributed by atoms with E-state index in [1.807, 2.05) is 0 Å². The molecule has 0 rings (SSSR count). The van der Waals surface area contributed by atoms with Gasteiger partial charge in [0.1, 0.15) is 12.6 Å². The van der Waals surface area contributed by atoms with Gasteiger partial charge in [0.05, 0.1) is 0 Å². The van der Waals surface area contributed by atoms with Gasteiger partial charge in [-0.25, -0.2) is 4.79 Å². The number of carbonyl (C=O) groups is 3. The minimum atomic E-state index is -0.815. The molecular formula is C17H30N2O5S2. The van der Waals surface area contributed by atoms with E-state index in [0.29, 0.717) is 25.1 Å². The standard InChI is InChI=1S/C17H30N2O5S2/c1-5-11-24-16(23)19-13(12-25-26-17(2,3)4)15(22)18-10-8-6-7-9-14(20)21/h5,13H,1,6-12H2,2-4H3,(H,18,22)(H,19,23)(H,20,21)/t13-/m0/s1. The summed E-state index contributed by atoms with van der Waals surface area (Å²) in [6, 6.07) is -0.703. The van der Waals surface area contributed by atoms with Crippen LogP contribution in [0.3, 0.4) is 0 Å². The Balaban J connectivity index is 4.36. The van der Waals surface area contributed by atoms with E-state index in [0.717, 1.165) is 6.42 Å². The normalized spacial score (nSPS) is 12.1. The highest BCUT2D eigenvalue weighted by Gasteiger charge is 2.22. The highest BCUT2D eigenvalue weighted by molar-refractivity contribution is 8.77. The molecule has 1 atom stereocenters. The molecule has 0 aromatic heterocycles. The van der Waals surface area contributed by atoms with E-state index < -0.39 is 18.1 Å². The van der Waals surface area contributed by atoms with Gasteiger partial charge in [0.15, 0.2) is 0 Å². The number of carboxylic acids is 1. The molecule has 0 radical (unpaired) electrons. The summed E-state index contributed by atoms with van der Waals surface area (Å²) in [5.41, 5.74) is 0. The predicted molar refractivity (Wildman–Crippen MR) is 107 cm³/mol. The molecule has 0 bridgehead atoms. The molecule has 0 saturated carbocycles. The molecule has 7 nitrogen and oxygen atoms in total. The molecule has 0 unspecified atom stereocenters. The zero-order valence-electron chi connectivity index (χ0n) is 15.7. The van der Waals surface area contributed by atoms with Crippen LogP contribution in [0.5, 0.6) is 0 Å². The predicted octanol–water partition coefficient (Wildman–Crippen LogP) is 3.21. The van der Waals surface area contributed by atoms with Gasteiger partial charge in [-0.2, -0.15) is 0 Å². The molecule has 26 heavy (non-hydrogen) atoms. The van der Waals surface area contributed by atoms with Crippen LogP contribution in [-0.4, -0.2) is 52.8 Å². The number of nitrogens with one attached hydrogen (secondary N) is 2. The number of amides is 2. The van der Waals surface area contributed by atoms with Crippen molar-refractivity contribution in [3.63, 3.8) is 0 Å². The summed E-state index contributed by atoms with van der Waals surface area (Å²) in [4.78, 5) is 34.5. The first-order valence-corrected chi connectivity index (χ1v) is 10.8. The zero-order valence-corrected chi connectivity index (χ0v) is 17.3. The van der Waals surface area contributed by atoms with E-state index in [1.54, 1.807) is 10.8 Å². The molecule has 9 heteroatoms. The second-order valence-electron chi connectivity index (χ2n) is 6.56. The van der Waals surface area contributed by atoms with Crippen LogP contribution in [0, 0.1) is 0 Å². The first-order valence-electron chi connectivity index (χ1n) is 8.50. The maximum Gasteiger partial charge on any atom is 0.408 e. The fourth-order valence-corrected chi connectivity index (χ4v) is 4.16. The van der Waals surface area contributed by atoms with Gasteiger partial charge in [-0.15, -0.1) is 0 Å². The van der Waals surface area contributed by atoms with Crippen LogP contribution >= 0.6 is 21.6 Å². The molecule has 0 aliphatic heterocycles. The van der Waals surface area contributed by atoms with Gasteiger partial charge < -0.3 is 20.5 Å². The first-order chi connectivity index (χ1) is 12.2. The fraction of sp³-hybridized carbons (Fsp3) is 0.706. The second-order valence-corrected chi connectivity index (χ2v) is 9.73. The number of aliphatic carboxylic acids is 1. The van der Waals surface area contributed by atoms with Crippen molar-refractivity contribution in [1.82, 2.24) is 10.6 Å². The van der Waals surface area contributed by atoms with Gasteiger partial charge >= 0.3 is 12.1 Å². The van der Waals surface area contributed by atoms with Gasteiger partial charge in [0, 0.05) is 23.5 Å². The Bertz CT molecular complexity index is 467. The quantitative estimate of drug-likeness (QED) is 0.245.